The van der Waals surface area contributed by atoms with Gasteiger partial charge < -0.3 is 24.4 Å². The fourth-order valence-electron chi connectivity index (χ4n) is 1.51. The normalized spacial score (nSPS) is 15.5. The third-order valence-electron chi connectivity index (χ3n) is 2.53. The quantitative estimate of drug-likeness (QED) is 0.867. The van der Waals surface area contributed by atoms with Gasteiger partial charge in [-0.15, -0.1) is 0 Å². The highest BCUT2D eigenvalue weighted by Gasteiger charge is 2.15. The molecule has 1 fully saturated rings. The van der Waals surface area contributed by atoms with Crippen molar-refractivity contribution in [3.63, 3.8) is 0 Å². The third-order valence-corrected chi connectivity index (χ3v) is 2.53. The number of ether oxygens (including phenoxy) is 3. The van der Waals surface area contributed by atoms with Crippen LogP contribution < -0.4 is 4.74 Å². The van der Waals surface area contributed by atoms with Crippen LogP contribution in [0.5, 0.6) is 5.75 Å². The lowest BCUT2D eigenvalue weighted by molar-refractivity contribution is -0.183. The largest absolute Gasteiger partial charge is 0.497 e. The molecule has 19 heavy (non-hydrogen) atoms. The molecule has 2 rings (SSSR count). The van der Waals surface area contributed by atoms with Gasteiger partial charge in [0, 0.05) is 18.8 Å². The zero-order valence-electron chi connectivity index (χ0n) is 11.2. The molecule has 5 heteroatoms. The predicted octanol–water partition coefficient (Wildman–Crippen LogP) is 1.49. The molecule has 108 valence electrons. The first-order valence-corrected chi connectivity index (χ1v) is 6.40. The van der Waals surface area contributed by atoms with Gasteiger partial charge in [0.25, 0.3) is 0 Å². The van der Waals surface area contributed by atoms with Gasteiger partial charge in [-0.3, -0.25) is 0 Å². The van der Waals surface area contributed by atoms with Crippen molar-refractivity contribution >= 4 is 0 Å². The summed E-state index contributed by atoms with van der Waals surface area (Å²) in [6.07, 6.45) is 1.28. The standard InChI is InChI=1S/C11H14O3.C3H8O2/c1-12-10-5-3-9(4-6-10)11-13-7-2-8-14-11;4-2-1-3-5/h3-6,11H,2,7-8H2,1H3;4-5H,1-3H2. The van der Waals surface area contributed by atoms with Crippen molar-refractivity contribution in [2.24, 2.45) is 0 Å². The van der Waals surface area contributed by atoms with Crippen molar-refractivity contribution in [2.45, 2.75) is 19.1 Å². The number of hydrogen-bond acceptors (Lipinski definition) is 5. The van der Waals surface area contributed by atoms with Crippen molar-refractivity contribution in [3.05, 3.63) is 29.8 Å². The van der Waals surface area contributed by atoms with Gasteiger partial charge in [0.15, 0.2) is 6.29 Å². The Kier molecular flexibility index (Phi) is 8.16. The van der Waals surface area contributed by atoms with Gasteiger partial charge in [-0.25, -0.2) is 0 Å². The topological polar surface area (TPSA) is 68.2 Å². The monoisotopic (exact) mass is 270 g/mol. The Morgan fingerprint density at radius 1 is 1.11 bits per heavy atom. The molecule has 2 N–H and O–H groups in total. The summed E-state index contributed by atoms with van der Waals surface area (Å²) >= 11 is 0. The molecule has 0 saturated carbocycles. The van der Waals surface area contributed by atoms with Gasteiger partial charge in [0.2, 0.25) is 0 Å². The Balaban J connectivity index is 0.000000312. The second-order valence-electron chi connectivity index (χ2n) is 4.00. The number of aliphatic hydroxyl groups is 2. The summed E-state index contributed by atoms with van der Waals surface area (Å²) in [5, 5.41) is 15.8. The summed E-state index contributed by atoms with van der Waals surface area (Å²) in [4.78, 5) is 0. The molecule has 0 radical (unpaired) electrons. The SMILES string of the molecule is COc1ccc(C2OCCCO2)cc1.OCCCO. The Morgan fingerprint density at radius 2 is 1.68 bits per heavy atom. The lowest BCUT2D eigenvalue weighted by Crippen LogP contribution is -2.17. The minimum absolute atomic E-state index is 0.0938. The highest BCUT2D eigenvalue weighted by Crippen LogP contribution is 2.24. The number of rotatable bonds is 4. The van der Waals surface area contributed by atoms with Crippen LogP contribution in [0.1, 0.15) is 24.7 Å². The van der Waals surface area contributed by atoms with Crippen molar-refractivity contribution in [1.82, 2.24) is 0 Å². The molecule has 0 unspecified atom stereocenters. The van der Waals surface area contributed by atoms with E-state index in [1.165, 1.54) is 0 Å². The molecule has 0 amide bonds. The van der Waals surface area contributed by atoms with Gasteiger partial charge in [-0.1, -0.05) is 12.1 Å². The van der Waals surface area contributed by atoms with Crippen molar-refractivity contribution in [1.29, 1.82) is 0 Å². The van der Waals surface area contributed by atoms with Crippen molar-refractivity contribution in [3.8, 4) is 5.75 Å². The van der Waals surface area contributed by atoms with E-state index in [4.69, 9.17) is 24.4 Å². The Labute approximate surface area is 113 Å². The van der Waals surface area contributed by atoms with E-state index in [1.807, 2.05) is 24.3 Å². The van der Waals surface area contributed by atoms with Crippen LogP contribution in [0.2, 0.25) is 0 Å². The minimum Gasteiger partial charge on any atom is -0.497 e. The third kappa shape index (κ3) is 6.02. The molecule has 1 aromatic carbocycles. The number of methoxy groups -OCH3 is 1. The van der Waals surface area contributed by atoms with E-state index in [0.29, 0.717) is 6.42 Å². The molecule has 1 aliphatic rings. The minimum atomic E-state index is -0.199. The highest BCUT2D eigenvalue weighted by molar-refractivity contribution is 5.27. The maximum Gasteiger partial charge on any atom is 0.183 e. The van der Waals surface area contributed by atoms with E-state index in [1.54, 1.807) is 7.11 Å². The lowest BCUT2D eigenvalue weighted by atomic mass is 10.2. The molecule has 0 aromatic heterocycles. The van der Waals surface area contributed by atoms with Gasteiger partial charge in [0.1, 0.15) is 5.75 Å². The van der Waals surface area contributed by atoms with Crippen LogP contribution in [0.4, 0.5) is 0 Å². The van der Waals surface area contributed by atoms with Crippen LogP contribution in [0.3, 0.4) is 0 Å². The van der Waals surface area contributed by atoms with Gasteiger partial charge in [-0.2, -0.15) is 0 Å². The summed E-state index contributed by atoms with van der Waals surface area (Å²) in [5.74, 6) is 0.851. The van der Waals surface area contributed by atoms with E-state index in [0.717, 1.165) is 30.9 Å². The van der Waals surface area contributed by atoms with E-state index >= 15 is 0 Å². The molecule has 0 spiro atoms. The summed E-state index contributed by atoms with van der Waals surface area (Å²) in [7, 11) is 1.66. The molecule has 1 aliphatic heterocycles. The van der Waals surface area contributed by atoms with Crippen LogP contribution in [-0.4, -0.2) is 43.8 Å². The zero-order valence-corrected chi connectivity index (χ0v) is 11.2. The molecule has 0 aliphatic carbocycles. The average Bonchev–Trinajstić information content (AvgIpc) is 2.50. The van der Waals surface area contributed by atoms with Crippen molar-refractivity contribution in [2.75, 3.05) is 33.5 Å². The van der Waals surface area contributed by atoms with Gasteiger partial charge in [-0.05, 0) is 25.0 Å². The zero-order chi connectivity index (χ0) is 13.9. The van der Waals surface area contributed by atoms with E-state index in [2.05, 4.69) is 0 Å². The second kappa shape index (κ2) is 9.75. The Bertz CT molecular complexity index is 317. The number of benzene rings is 1. The van der Waals surface area contributed by atoms with E-state index in [-0.39, 0.29) is 19.5 Å². The lowest BCUT2D eigenvalue weighted by Gasteiger charge is -2.23. The molecule has 1 aromatic rings. The van der Waals surface area contributed by atoms with Gasteiger partial charge >= 0.3 is 0 Å². The van der Waals surface area contributed by atoms with Crippen molar-refractivity contribution < 1.29 is 24.4 Å². The molecular weight excluding hydrogens is 248 g/mol. The second-order valence-corrected chi connectivity index (χ2v) is 4.00. The number of hydrogen-bond donors (Lipinski definition) is 2. The van der Waals surface area contributed by atoms with E-state index < -0.39 is 0 Å². The van der Waals surface area contributed by atoms with Crippen LogP contribution in [-0.2, 0) is 9.47 Å². The first-order valence-electron chi connectivity index (χ1n) is 6.40. The average molecular weight is 270 g/mol. The highest BCUT2D eigenvalue weighted by atomic mass is 16.7. The maximum atomic E-state index is 7.91. The first-order chi connectivity index (χ1) is 9.31. The molecule has 0 atom stereocenters. The summed E-state index contributed by atoms with van der Waals surface area (Å²) in [6, 6.07) is 7.76. The molecule has 5 nitrogen and oxygen atoms in total. The molecular formula is C14H22O5. The van der Waals surface area contributed by atoms with Crippen LogP contribution in [0, 0.1) is 0 Å². The fraction of sp³-hybridized carbons (Fsp3) is 0.571. The predicted molar refractivity (Wildman–Crippen MR) is 71.0 cm³/mol. The van der Waals surface area contributed by atoms with Crippen LogP contribution in [0.25, 0.3) is 0 Å². The van der Waals surface area contributed by atoms with Gasteiger partial charge in [0.05, 0.1) is 20.3 Å². The fourth-order valence-corrected chi connectivity index (χ4v) is 1.51. The van der Waals surface area contributed by atoms with Crippen LogP contribution in [0.15, 0.2) is 24.3 Å². The summed E-state index contributed by atoms with van der Waals surface area (Å²) in [5.41, 5.74) is 1.05. The van der Waals surface area contributed by atoms with E-state index in [9.17, 15) is 0 Å². The van der Waals surface area contributed by atoms with Crippen LogP contribution >= 0.6 is 0 Å². The smallest absolute Gasteiger partial charge is 0.183 e. The molecule has 0 bridgehead atoms. The molecule has 1 saturated heterocycles. The summed E-state index contributed by atoms with van der Waals surface area (Å²) < 4.78 is 16.0. The summed E-state index contributed by atoms with van der Waals surface area (Å²) in [6.45, 7) is 1.74. The first kappa shape index (κ1) is 15.9. The molecule has 1 heterocycles. The maximum absolute atomic E-state index is 7.91. The Morgan fingerprint density at radius 3 is 2.11 bits per heavy atom. The number of aliphatic hydroxyl groups excluding tert-OH is 2. The Hall–Kier alpha value is -1.14.